The molecule has 13 rings (SSSR count). The van der Waals surface area contributed by atoms with Crippen LogP contribution >= 0.6 is 0 Å². The summed E-state index contributed by atoms with van der Waals surface area (Å²) >= 11 is 0. The SMILES string of the molecule is CC(C)c1ccc(N(c2cc(C(C)C)c3ccc4c(N(c5ccc(C(C)C)cc5)c5cccc6c5oc5ccccc56)cc5c6c(cc2c3c46)C(C)(C)CC5)c2cccc3c2oc2ccccc23)cc1. The third-order valence-corrected chi connectivity index (χ3v) is 15.8. The summed E-state index contributed by atoms with van der Waals surface area (Å²) in [4.78, 5) is 4.99. The Morgan fingerprint density at radius 3 is 1.44 bits per heavy atom. The van der Waals surface area contributed by atoms with Crippen LogP contribution in [-0.4, -0.2) is 0 Å². The maximum Gasteiger partial charge on any atom is 0.159 e. The third-order valence-electron chi connectivity index (χ3n) is 15.8. The van der Waals surface area contributed by atoms with E-state index in [-0.39, 0.29) is 11.3 Å². The molecule has 0 unspecified atom stereocenters. The highest BCUT2D eigenvalue weighted by molar-refractivity contribution is 6.31. The van der Waals surface area contributed by atoms with Gasteiger partial charge in [0.2, 0.25) is 0 Å². The van der Waals surface area contributed by atoms with Gasteiger partial charge in [-0.1, -0.05) is 152 Å². The lowest BCUT2D eigenvalue weighted by molar-refractivity contribution is 0.475. The fraction of sp³-hybridized carbons (Fsp3) is 0.212. The lowest BCUT2D eigenvalue weighted by atomic mass is 9.70. The van der Waals surface area contributed by atoms with Gasteiger partial charge in [0.25, 0.3) is 0 Å². The van der Waals surface area contributed by atoms with Crippen molar-refractivity contribution in [1.82, 2.24) is 0 Å². The maximum atomic E-state index is 6.92. The summed E-state index contributed by atoms with van der Waals surface area (Å²) in [5, 5.41) is 12.3. The number of aryl methyl sites for hydroxylation is 1. The smallest absolute Gasteiger partial charge is 0.159 e. The van der Waals surface area contributed by atoms with Gasteiger partial charge in [-0.05, 0) is 147 Å². The summed E-state index contributed by atoms with van der Waals surface area (Å²) in [7, 11) is 0. The fourth-order valence-electron chi connectivity index (χ4n) is 12.0. The fourth-order valence-corrected chi connectivity index (χ4v) is 12.0. The van der Waals surface area contributed by atoms with Crippen molar-refractivity contribution in [2.45, 2.75) is 91.4 Å². The van der Waals surface area contributed by atoms with Crippen LogP contribution in [0.15, 0.2) is 173 Å². The molecule has 70 heavy (non-hydrogen) atoms. The van der Waals surface area contributed by atoms with Crippen molar-refractivity contribution in [3.63, 3.8) is 0 Å². The molecule has 4 heteroatoms. The van der Waals surface area contributed by atoms with E-state index in [0.29, 0.717) is 11.8 Å². The first kappa shape index (κ1) is 42.5. The molecule has 0 spiro atoms. The van der Waals surface area contributed by atoms with Gasteiger partial charge in [0.1, 0.15) is 11.2 Å². The van der Waals surface area contributed by atoms with Crippen molar-refractivity contribution in [3.8, 4) is 0 Å². The van der Waals surface area contributed by atoms with Crippen molar-refractivity contribution in [2.24, 2.45) is 0 Å². The van der Waals surface area contributed by atoms with Gasteiger partial charge < -0.3 is 18.6 Å². The zero-order valence-electron chi connectivity index (χ0n) is 41.4. The second-order valence-electron chi connectivity index (χ2n) is 21.5. The van der Waals surface area contributed by atoms with Gasteiger partial charge >= 0.3 is 0 Å². The Hall–Kier alpha value is -7.56. The van der Waals surface area contributed by atoms with E-state index in [0.717, 1.165) is 90.8 Å². The number of para-hydroxylation sites is 4. The van der Waals surface area contributed by atoms with Crippen molar-refractivity contribution < 1.29 is 8.83 Å². The molecule has 12 aromatic rings. The highest BCUT2D eigenvalue weighted by Gasteiger charge is 2.35. The number of rotatable bonds is 9. The summed E-state index contributed by atoms with van der Waals surface area (Å²) in [6, 6.07) is 61.1. The number of hydrogen-bond donors (Lipinski definition) is 0. The molecule has 0 bridgehead atoms. The lowest BCUT2D eigenvalue weighted by Crippen LogP contribution is -2.24. The van der Waals surface area contributed by atoms with Gasteiger partial charge in [-0.15, -0.1) is 0 Å². The summed E-state index contributed by atoms with van der Waals surface area (Å²) in [6.45, 7) is 18.7. The average molecular weight is 911 g/mol. The van der Waals surface area contributed by atoms with Crippen molar-refractivity contribution in [1.29, 1.82) is 0 Å². The Morgan fingerprint density at radius 1 is 0.414 bits per heavy atom. The number of furan rings is 2. The van der Waals surface area contributed by atoms with E-state index in [4.69, 9.17) is 8.83 Å². The standard InChI is InChI=1S/C66H58N2O2/c1-38(2)41-23-27-44(28-24-41)67(55-19-13-17-49-46-15-9-11-21-59(46)69-64(49)55)57-35-43-33-34-66(7,8)54-36-53-58(37-52(40(5)6)48-31-32-51(57)63(61(43)54)62(48)53)68(45-29-25-42(26-30-45)39(3)4)56-20-14-18-50-47-16-10-12-22-60(47)70-65(50)56/h9-32,35-40H,33-34H2,1-8H3. The van der Waals surface area contributed by atoms with Gasteiger partial charge in [0.15, 0.2) is 11.2 Å². The molecule has 1 aliphatic carbocycles. The average Bonchev–Trinajstić information content (AvgIpc) is 3.95. The summed E-state index contributed by atoms with van der Waals surface area (Å²) in [5.41, 5.74) is 16.9. The Kier molecular flexibility index (Phi) is 9.56. The second kappa shape index (κ2) is 15.7. The van der Waals surface area contributed by atoms with Gasteiger partial charge in [-0.25, -0.2) is 0 Å². The molecule has 0 N–H and O–H groups in total. The maximum absolute atomic E-state index is 6.92. The number of anilines is 6. The van der Waals surface area contributed by atoms with Gasteiger partial charge in [-0.3, -0.25) is 0 Å². The van der Waals surface area contributed by atoms with E-state index >= 15 is 0 Å². The molecular formula is C66H58N2O2. The molecule has 4 nitrogen and oxygen atoms in total. The van der Waals surface area contributed by atoms with Gasteiger partial charge in [0, 0.05) is 49.1 Å². The van der Waals surface area contributed by atoms with E-state index in [9.17, 15) is 0 Å². The summed E-state index contributed by atoms with van der Waals surface area (Å²) in [6.07, 6.45) is 2.03. The monoisotopic (exact) mass is 910 g/mol. The predicted molar refractivity (Wildman–Crippen MR) is 298 cm³/mol. The van der Waals surface area contributed by atoms with E-state index in [1.165, 1.54) is 60.1 Å². The number of benzene rings is 10. The topological polar surface area (TPSA) is 32.8 Å². The van der Waals surface area contributed by atoms with E-state index in [1.807, 2.05) is 0 Å². The Bertz CT molecular complexity index is 4010. The molecule has 0 fully saturated rings. The Balaban J connectivity index is 1.17. The number of nitrogens with zero attached hydrogens (tertiary/aromatic N) is 2. The number of hydrogen-bond acceptors (Lipinski definition) is 4. The Labute approximate surface area is 410 Å². The molecule has 0 aliphatic heterocycles. The van der Waals surface area contributed by atoms with E-state index in [1.54, 1.807) is 0 Å². The third kappa shape index (κ3) is 6.35. The molecule has 2 heterocycles. The second-order valence-corrected chi connectivity index (χ2v) is 21.5. The van der Waals surface area contributed by atoms with Crippen molar-refractivity contribution >= 4 is 110 Å². The van der Waals surface area contributed by atoms with Crippen LogP contribution in [0, 0.1) is 0 Å². The molecular weight excluding hydrogens is 853 g/mol. The van der Waals surface area contributed by atoms with Crippen LogP contribution in [0.1, 0.15) is 107 Å². The van der Waals surface area contributed by atoms with Gasteiger partial charge in [-0.2, -0.15) is 0 Å². The molecule has 0 atom stereocenters. The van der Waals surface area contributed by atoms with Crippen LogP contribution in [0.4, 0.5) is 34.1 Å². The molecule has 1 aliphatic rings. The van der Waals surface area contributed by atoms with E-state index < -0.39 is 0 Å². The largest absolute Gasteiger partial charge is 0.454 e. The first-order chi connectivity index (χ1) is 33.9. The lowest BCUT2D eigenvalue weighted by Gasteiger charge is -2.37. The Morgan fingerprint density at radius 2 is 0.914 bits per heavy atom. The van der Waals surface area contributed by atoms with E-state index in [2.05, 4.69) is 229 Å². The summed E-state index contributed by atoms with van der Waals surface area (Å²) < 4.78 is 13.8. The van der Waals surface area contributed by atoms with Crippen LogP contribution in [0.25, 0.3) is 76.2 Å². The minimum Gasteiger partial charge on any atom is -0.454 e. The summed E-state index contributed by atoms with van der Waals surface area (Å²) in [5.74, 6) is 1.08. The molecule has 0 radical (unpaired) electrons. The van der Waals surface area contributed by atoms with Crippen molar-refractivity contribution in [2.75, 3.05) is 9.80 Å². The quantitative estimate of drug-likeness (QED) is 0.135. The molecule has 0 amide bonds. The highest BCUT2D eigenvalue weighted by atomic mass is 16.3. The molecule has 344 valence electrons. The minimum absolute atomic E-state index is 0.0655. The first-order valence-electron chi connectivity index (χ1n) is 25.4. The zero-order valence-corrected chi connectivity index (χ0v) is 41.4. The normalized spacial score (nSPS) is 13.8. The van der Waals surface area contributed by atoms with Crippen LogP contribution in [0.2, 0.25) is 0 Å². The van der Waals surface area contributed by atoms with Crippen LogP contribution in [0.5, 0.6) is 0 Å². The van der Waals surface area contributed by atoms with Crippen LogP contribution in [-0.2, 0) is 11.8 Å². The van der Waals surface area contributed by atoms with Gasteiger partial charge in [0.05, 0.1) is 22.7 Å². The predicted octanol–water partition coefficient (Wildman–Crippen LogP) is 19.9. The molecule has 2 aromatic heterocycles. The zero-order chi connectivity index (χ0) is 47.7. The van der Waals surface area contributed by atoms with Crippen LogP contribution in [0.3, 0.4) is 0 Å². The first-order valence-corrected chi connectivity index (χ1v) is 25.4. The van der Waals surface area contributed by atoms with Crippen LogP contribution < -0.4 is 9.80 Å². The van der Waals surface area contributed by atoms with Crippen molar-refractivity contribution in [3.05, 3.63) is 192 Å². The number of fused-ring (bicyclic) bond motifs is 6. The highest BCUT2D eigenvalue weighted by Crippen LogP contribution is 2.56. The molecule has 0 saturated heterocycles. The molecule has 10 aromatic carbocycles. The minimum atomic E-state index is -0.0655. The molecule has 0 saturated carbocycles.